The third-order valence-electron chi connectivity index (χ3n) is 3.28. The van der Waals surface area contributed by atoms with Crippen LogP contribution in [0.5, 0.6) is 0 Å². The van der Waals surface area contributed by atoms with Gasteiger partial charge >= 0.3 is 0 Å². The van der Waals surface area contributed by atoms with Crippen LogP contribution in [0.1, 0.15) is 5.69 Å². The number of fused-ring (bicyclic) bond motifs is 1. The molecule has 0 fully saturated rings. The molecule has 2 aromatic heterocycles. The van der Waals surface area contributed by atoms with Crippen LogP contribution in [0.2, 0.25) is 0 Å². The van der Waals surface area contributed by atoms with Crippen molar-refractivity contribution in [1.82, 2.24) is 9.72 Å². The minimum atomic E-state index is -3.51. The van der Waals surface area contributed by atoms with E-state index in [-0.39, 0.29) is 16.2 Å². The maximum Gasteiger partial charge on any atom is 0.250 e. The van der Waals surface area contributed by atoms with Gasteiger partial charge < -0.3 is 9.09 Å². The van der Waals surface area contributed by atoms with E-state index in [0.29, 0.717) is 16.6 Å². The Balaban J connectivity index is 2.09. The van der Waals surface area contributed by atoms with Gasteiger partial charge in [0.15, 0.2) is 9.84 Å². The van der Waals surface area contributed by atoms with Crippen LogP contribution in [0.15, 0.2) is 56.9 Å². The molecule has 0 aliphatic carbocycles. The molecule has 1 aromatic carbocycles. The first-order valence-electron chi connectivity index (χ1n) is 6.19. The molecule has 0 bridgehead atoms. The first kappa shape index (κ1) is 13.6. The van der Waals surface area contributed by atoms with E-state index in [0.717, 1.165) is 0 Å². The standard InChI is InChI=1S/C14H12N2O4S/c1-16-13-4-3-12(8-10(13)2-5-14(16)17)21(18,19)9-11-6-7-20-15-11/h2-8H,9H2,1H3. The summed E-state index contributed by atoms with van der Waals surface area (Å²) in [7, 11) is -1.86. The summed E-state index contributed by atoms with van der Waals surface area (Å²) in [6, 6.07) is 9.24. The van der Waals surface area contributed by atoms with E-state index in [1.807, 2.05) is 0 Å². The van der Waals surface area contributed by atoms with Gasteiger partial charge in [-0.25, -0.2) is 8.42 Å². The normalized spacial score (nSPS) is 11.9. The number of sulfone groups is 1. The van der Waals surface area contributed by atoms with Gasteiger partial charge in [0.05, 0.1) is 16.1 Å². The topological polar surface area (TPSA) is 82.2 Å². The van der Waals surface area contributed by atoms with Crippen molar-refractivity contribution >= 4 is 20.7 Å². The third-order valence-corrected chi connectivity index (χ3v) is 4.93. The molecule has 0 spiro atoms. The highest BCUT2D eigenvalue weighted by molar-refractivity contribution is 7.90. The van der Waals surface area contributed by atoms with Gasteiger partial charge in [-0.3, -0.25) is 4.79 Å². The first-order valence-corrected chi connectivity index (χ1v) is 7.84. The number of rotatable bonds is 3. The van der Waals surface area contributed by atoms with Gasteiger partial charge in [0, 0.05) is 19.2 Å². The van der Waals surface area contributed by atoms with E-state index in [1.54, 1.807) is 25.2 Å². The van der Waals surface area contributed by atoms with Crippen LogP contribution in [0, 0.1) is 0 Å². The second-order valence-electron chi connectivity index (χ2n) is 4.70. The Morgan fingerprint density at radius 1 is 1.19 bits per heavy atom. The highest BCUT2D eigenvalue weighted by Crippen LogP contribution is 2.20. The molecule has 3 aromatic rings. The molecule has 0 amide bonds. The van der Waals surface area contributed by atoms with Gasteiger partial charge in [-0.2, -0.15) is 0 Å². The summed E-state index contributed by atoms with van der Waals surface area (Å²) >= 11 is 0. The second-order valence-corrected chi connectivity index (χ2v) is 6.69. The number of benzene rings is 1. The minimum Gasteiger partial charge on any atom is -0.364 e. The Bertz CT molecular complexity index is 956. The van der Waals surface area contributed by atoms with Crippen molar-refractivity contribution in [1.29, 1.82) is 0 Å². The van der Waals surface area contributed by atoms with Gasteiger partial charge in [0.2, 0.25) is 0 Å². The third kappa shape index (κ3) is 2.47. The number of aryl methyl sites for hydroxylation is 1. The van der Waals surface area contributed by atoms with Gasteiger partial charge in [0.25, 0.3) is 5.56 Å². The molecule has 0 saturated heterocycles. The molecule has 108 valence electrons. The van der Waals surface area contributed by atoms with E-state index in [2.05, 4.69) is 9.68 Å². The summed E-state index contributed by atoms with van der Waals surface area (Å²) in [5, 5.41) is 4.31. The number of hydrogen-bond acceptors (Lipinski definition) is 5. The monoisotopic (exact) mass is 304 g/mol. The van der Waals surface area contributed by atoms with E-state index < -0.39 is 9.84 Å². The summed E-state index contributed by atoms with van der Waals surface area (Å²) < 4.78 is 30.8. The Labute approximate surface area is 120 Å². The minimum absolute atomic E-state index is 0.138. The Morgan fingerprint density at radius 3 is 2.71 bits per heavy atom. The molecular formula is C14H12N2O4S. The zero-order valence-corrected chi connectivity index (χ0v) is 12.0. The van der Waals surface area contributed by atoms with E-state index in [1.165, 1.54) is 29.0 Å². The fourth-order valence-corrected chi connectivity index (χ4v) is 3.43. The average Bonchev–Trinajstić information content (AvgIpc) is 2.95. The highest BCUT2D eigenvalue weighted by Gasteiger charge is 2.17. The molecule has 0 aliphatic rings. The van der Waals surface area contributed by atoms with Crippen molar-refractivity contribution in [2.45, 2.75) is 10.6 Å². The van der Waals surface area contributed by atoms with Crippen LogP contribution in [-0.4, -0.2) is 18.1 Å². The molecule has 0 atom stereocenters. The second kappa shape index (κ2) is 4.85. The summed E-state index contributed by atoms with van der Waals surface area (Å²) in [5.74, 6) is -0.221. The van der Waals surface area contributed by atoms with Gasteiger partial charge in [-0.05, 0) is 29.7 Å². The van der Waals surface area contributed by atoms with E-state index in [9.17, 15) is 13.2 Å². The molecule has 0 N–H and O–H groups in total. The number of aromatic nitrogens is 2. The van der Waals surface area contributed by atoms with E-state index in [4.69, 9.17) is 0 Å². The molecule has 7 heteroatoms. The number of pyridine rings is 1. The predicted octanol–water partition coefficient (Wildman–Crippen LogP) is 1.50. The zero-order valence-electron chi connectivity index (χ0n) is 11.2. The van der Waals surface area contributed by atoms with Crippen molar-refractivity contribution < 1.29 is 12.9 Å². The summed E-state index contributed by atoms with van der Waals surface area (Å²) in [4.78, 5) is 11.7. The molecule has 2 heterocycles. The number of hydrogen-bond donors (Lipinski definition) is 0. The van der Waals surface area contributed by atoms with E-state index >= 15 is 0 Å². The van der Waals surface area contributed by atoms with Crippen molar-refractivity contribution in [3.05, 3.63) is 58.7 Å². The van der Waals surface area contributed by atoms with Gasteiger partial charge in [-0.15, -0.1) is 0 Å². The fraction of sp³-hybridized carbons (Fsp3) is 0.143. The maximum absolute atomic E-state index is 12.3. The Morgan fingerprint density at radius 2 is 2.00 bits per heavy atom. The van der Waals surface area contributed by atoms with Crippen LogP contribution in [0.25, 0.3) is 10.9 Å². The summed E-state index contributed by atoms with van der Waals surface area (Å²) in [6.45, 7) is 0. The van der Waals surface area contributed by atoms with Crippen LogP contribution >= 0.6 is 0 Å². The van der Waals surface area contributed by atoms with Crippen molar-refractivity contribution in [3.63, 3.8) is 0 Å². The maximum atomic E-state index is 12.3. The largest absolute Gasteiger partial charge is 0.364 e. The molecule has 0 radical (unpaired) electrons. The average molecular weight is 304 g/mol. The molecule has 0 aliphatic heterocycles. The smallest absolute Gasteiger partial charge is 0.250 e. The first-order chi connectivity index (χ1) is 9.97. The number of nitrogens with zero attached hydrogens (tertiary/aromatic N) is 2. The Kier molecular flexibility index (Phi) is 3.13. The van der Waals surface area contributed by atoms with Crippen LogP contribution in [0.3, 0.4) is 0 Å². The quantitative estimate of drug-likeness (QED) is 0.732. The molecule has 6 nitrogen and oxygen atoms in total. The predicted molar refractivity (Wildman–Crippen MR) is 76.6 cm³/mol. The lowest BCUT2D eigenvalue weighted by molar-refractivity contribution is 0.413. The molecule has 21 heavy (non-hydrogen) atoms. The highest BCUT2D eigenvalue weighted by atomic mass is 32.2. The van der Waals surface area contributed by atoms with Crippen LogP contribution < -0.4 is 5.56 Å². The molecule has 0 saturated carbocycles. The van der Waals surface area contributed by atoms with Crippen LogP contribution in [0.4, 0.5) is 0 Å². The van der Waals surface area contributed by atoms with Crippen LogP contribution in [-0.2, 0) is 22.6 Å². The summed E-state index contributed by atoms with van der Waals surface area (Å²) in [6.07, 6.45) is 1.33. The van der Waals surface area contributed by atoms with Crippen molar-refractivity contribution in [2.75, 3.05) is 0 Å². The SMILES string of the molecule is Cn1c(=O)ccc2cc(S(=O)(=O)Cc3ccon3)ccc21. The fourth-order valence-electron chi connectivity index (χ4n) is 2.15. The van der Waals surface area contributed by atoms with Crippen molar-refractivity contribution in [2.24, 2.45) is 7.05 Å². The molecule has 3 rings (SSSR count). The molecular weight excluding hydrogens is 292 g/mol. The lowest BCUT2D eigenvalue weighted by atomic mass is 10.2. The summed E-state index contributed by atoms with van der Waals surface area (Å²) in [5.41, 5.74) is 0.902. The Hall–Kier alpha value is -2.41. The van der Waals surface area contributed by atoms with Gasteiger partial charge in [-0.1, -0.05) is 5.16 Å². The van der Waals surface area contributed by atoms with Gasteiger partial charge in [0.1, 0.15) is 12.0 Å². The molecule has 0 unspecified atom stereocenters. The lowest BCUT2D eigenvalue weighted by Crippen LogP contribution is -2.15. The van der Waals surface area contributed by atoms with Crippen molar-refractivity contribution in [3.8, 4) is 0 Å². The zero-order chi connectivity index (χ0) is 15.0. The lowest BCUT2D eigenvalue weighted by Gasteiger charge is -2.07.